The van der Waals surface area contributed by atoms with Gasteiger partial charge in [-0.2, -0.15) is 13.2 Å². The summed E-state index contributed by atoms with van der Waals surface area (Å²) in [6.07, 6.45) is -9.48. The van der Waals surface area contributed by atoms with Crippen LogP contribution in [0.2, 0.25) is 0 Å². The number of hydrogen-bond acceptors (Lipinski definition) is 3. The second-order valence-electron chi connectivity index (χ2n) is 3.64. The fourth-order valence-electron chi connectivity index (χ4n) is 1.44. The molecule has 0 fully saturated rings. The number of halogens is 6. The van der Waals surface area contributed by atoms with E-state index in [1.165, 1.54) is 6.92 Å². The molecule has 1 rings (SSSR count). The van der Waals surface area contributed by atoms with E-state index in [0.29, 0.717) is 0 Å². The van der Waals surface area contributed by atoms with Gasteiger partial charge in [0.15, 0.2) is 5.82 Å². The molecule has 0 amide bonds. The minimum atomic E-state index is -5.08. The fraction of sp³-hybridized carbons (Fsp3) is 0.455. The van der Waals surface area contributed by atoms with E-state index < -0.39 is 47.8 Å². The van der Waals surface area contributed by atoms with Gasteiger partial charge in [-0.3, -0.25) is 4.79 Å². The minimum Gasteiger partial charge on any atom is -0.466 e. The van der Waals surface area contributed by atoms with Crippen LogP contribution in [0, 0.1) is 5.82 Å². The Labute approximate surface area is 109 Å². The average molecular weight is 301 g/mol. The lowest BCUT2D eigenvalue weighted by atomic mass is 10.1. The topological polar surface area (TPSA) is 39.2 Å². The molecule has 0 bridgehead atoms. The zero-order chi connectivity index (χ0) is 15.5. The molecule has 0 radical (unpaired) electrons. The van der Waals surface area contributed by atoms with Crippen molar-refractivity contribution in [1.82, 2.24) is 4.98 Å². The smallest absolute Gasteiger partial charge is 0.433 e. The first-order chi connectivity index (χ1) is 9.16. The van der Waals surface area contributed by atoms with Crippen molar-refractivity contribution in [3.63, 3.8) is 0 Å². The monoisotopic (exact) mass is 301 g/mol. The van der Waals surface area contributed by atoms with Gasteiger partial charge in [0, 0.05) is 0 Å². The third-order valence-corrected chi connectivity index (χ3v) is 2.20. The number of pyridine rings is 1. The van der Waals surface area contributed by atoms with E-state index in [1.807, 2.05) is 0 Å². The number of carbonyl (C=O) groups excluding carboxylic acids is 1. The molecule has 0 spiro atoms. The van der Waals surface area contributed by atoms with Crippen molar-refractivity contribution in [2.24, 2.45) is 0 Å². The fourth-order valence-corrected chi connectivity index (χ4v) is 1.44. The molecule has 1 heterocycles. The number of aromatic nitrogens is 1. The van der Waals surface area contributed by atoms with Crippen molar-refractivity contribution in [1.29, 1.82) is 0 Å². The first-order valence-corrected chi connectivity index (χ1v) is 5.37. The van der Waals surface area contributed by atoms with Crippen molar-refractivity contribution >= 4 is 5.97 Å². The largest absolute Gasteiger partial charge is 0.466 e. The van der Waals surface area contributed by atoms with Crippen LogP contribution in [0.3, 0.4) is 0 Å². The Kier molecular flexibility index (Phi) is 4.96. The Hall–Kier alpha value is -1.80. The number of esters is 1. The summed E-state index contributed by atoms with van der Waals surface area (Å²) in [7, 11) is 0. The van der Waals surface area contributed by atoms with Crippen molar-refractivity contribution in [3.05, 3.63) is 28.8 Å². The molecule has 0 aliphatic heterocycles. The highest BCUT2D eigenvalue weighted by molar-refractivity contribution is 5.73. The van der Waals surface area contributed by atoms with E-state index in [9.17, 15) is 31.1 Å². The summed E-state index contributed by atoms with van der Waals surface area (Å²) in [6.45, 7) is 1.35. The second kappa shape index (κ2) is 6.10. The van der Waals surface area contributed by atoms with E-state index in [-0.39, 0.29) is 12.7 Å². The molecule has 3 nitrogen and oxygen atoms in total. The minimum absolute atomic E-state index is 0.0782. The van der Waals surface area contributed by atoms with E-state index in [0.717, 1.165) is 0 Å². The maximum absolute atomic E-state index is 13.2. The molecule has 0 aliphatic rings. The van der Waals surface area contributed by atoms with Crippen molar-refractivity contribution in [2.75, 3.05) is 6.61 Å². The Balaban J connectivity index is 3.28. The van der Waals surface area contributed by atoms with Crippen LogP contribution in [0.4, 0.5) is 26.3 Å². The first kappa shape index (κ1) is 16.3. The molecule has 0 saturated heterocycles. The zero-order valence-corrected chi connectivity index (χ0v) is 10.1. The highest BCUT2D eigenvalue weighted by Gasteiger charge is 2.38. The van der Waals surface area contributed by atoms with Crippen LogP contribution in [0.1, 0.15) is 30.3 Å². The van der Waals surface area contributed by atoms with E-state index in [2.05, 4.69) is 9.72 Å². The van der Waals surface area contributed by atoms with Crippen LogP contribution in [0.15, 0.2) is 6.07 Å². The van der Waals surface area contributed by atoms with Gasteiger partial charge < -0.3 is 4.74 Å². The lowest BCUT2D eigenvalue weighted by molar-refractivity contribution is -0.144. The van der Waals surface area contributed by atoms with Crippen LogP contribution < -0.4 is 0 Å². The lowest BCUT2D eigenvalue weighted by Crippen LogP contribution is -2.18. The number of rotatable bonds is 4. The number of ether oxygens (including phenoxy) is 1. The van der Waals surface area contributed by atoms with Crippen molar-refractivity contribution in [3.8, 4) is 0 Å². The van der Waals surface area contributed by atoms with Crippen molar-refractivity contribution in [2.45, 2.75) is 25.9 Å². The summed E-state index contributed by atoms with van der Waals surface area (Å²) in [5.41, 5.74) is -4.18. The second-order valence-corrected chi connectivity index (χ2v) is 3.64. The number of alkyl halides is 5. The standard InChI is InChI=1S/C11H9F6NO2/c1-2-20-7(19)4-5-3-6(12)8(10(13)14)18-9(5)11(15,16)17/h3,10H,2,4H2,1H3. The summed E-state index contributed by atoms with van der Waals surface area (Å²) in [6, 6.07) is 0.230. The Bertz CT molecular complexity index is 500. The molecule has 20 heavy (non-hydrogen) atoms. The molecule has 0 N–H and O–H groups in total. The predicted octanol–water partition coefficient (Wildman–Crippen LogP) is 3.28. The summed E-state index contributed by atoms with van der Waals surface area (Å²) in [5, 5.41) is 0. The van der Waals surface area contributed by atoms with Crippen molar-refractivity contribution < 1.29 is 35.9 Å². The van der Waals surface area contributed by atoms with Gasteiger partial charge in [0.25, 0.3) is 6.43 Å². The maximum Gasteiger partial charge on any atom is 0.433 e. The molecule has 0 aromatic carbocycles. The highest BCUT2D eigenvalue weighted by Crippen LogP contribution is 2.33. The Morgan fingerprint density at radius 2 is 2.00 bits per heavy atom. The molecule has 9 heteroatoms. The van der Waals surface area contributed by atoms with E-state index >= 15 is 0 Å². The third kappa shape index (κ3) is 3.84. The SMILES string of the molecule is CCOC(=O)Cc1cc(F)c(C(F)F)nc1C(F)(F)F. The van der Waals surface area contributed by atoms with Gasteiger partial charge in [-0.15, -0.1) is 0 Å². The average Bonchev–Trinajstić information content (AvgIpc) is 2.26. The van der Waals surface area contributed by atoms with Crippen LogP contribution >= 0.6 is 0 Å². The van der Waals surface area contributed by atoms with Gasteiger partial charge in [-0.25, -0.2) is 18.2 Å². The zero-order valence-electron chi connectivity index (χ0n) is 10.1. The van der Waals surface area contributed by atoms with Gasteiger partial charge in [-0.1, -0.05) is 0 Å². The van der Waals surface area contributed by atoms with Gasteiger partial charge in [0.2, 0.25) is 0 Å². The molecule has 0 saturated carbocycles. The number of carbonyl (C=O) groups is 1. The molecule has 1 aromatic rings. The van der Waals surface area contributed by atoms with E-state index in [4.69, 9.17) is 0 Å². The van der Waals surface area contributed by atoms with Crippen LogP contribution in [-0.2, 0) is 22.1 Å². The van der Waals surface area contributed by atoms with Gasteiger partial charge >= 0.3 is 12.1 Å². The third-order valence-electron chi connectivity index (χ3n) is 2.20. The number of nitrogens with zero attached hydrogens (tertiary/aromatic N) is 1. The van der Waals surface area contributed by atoms with Gasteiger partial charge in [0.05, 0.1) is 13.0 Å². The molecular weight excluding hydrogens is 292 g/mol. The quantitative estimate of drug-likeness (QED) is 0.633. The summed E-state index contributed by atoms with van der Waals surface area (Å²) >= 11 is 0. The molecule has 112 valence electrons. The Morgan fingerprint density at radius 3 is 2.45 bits per heavy atom. The molecule has 0 atom stereocenters. The van der Waals surface area contributed by atoms with E-state index in [1.54, 1.807) is 0 Å². The molecule has 1 aromatic heterocycles. The normalized spacial score (nSPS) is 11.8. The predicted molar refractivity (Wildman–Crippen MR) is 54.5 cm³/mol. The van der Waals surface area contributed by atoms with Gasteiger partial charge in [0.1, 0.15) is 11.4 Å². The highest BCUT2D eigenvalue weighted by atomic mass is 19.4. The van der Waals surface area contributed by atoms with Crippen LogP contribution in [0.25, 0.3) is 0 Å². The summed E-state index contributed by atoms with van der Waals surface area (Å²) in [5.74, 6) is -2.64. The van der Waals surface area contributed by atoms with Crippen LogP contribution in [-0.4, -0.2) is 17.6 Å². The summed E-state index contributed by atoms with van der Waals surface area (Å²) in [4.78, 5) is 13.7. The lowest BCUT2D eigenvalue weighted by Gasteiger charge is -2.13. The molecule has 0 unspecified atom stereocenters. The number of hydrogen-bond donors (Lipinski definition) is 0. The summed E-state index contributed by atoms with van der Waals surface area (Å²) < 4.78 is 80.4. The van der Waals surface area contributed by atoms with Gasteiger partial charge in [-0.05, 0) is 18.6 Å². The Morgan fingerprint density at radius 1 is 1.40 bits per heavy atom. The molecular formula is C11H9F6NO2. The van der Waals surface area contributed by atoms with Crippen LogP contribution in [0.5, 0.6) is 0 Å². The maximum atomic E-state index is 13.2. The molecule has 0 aliphatic carbocycles. The first-order valence-electron chi connectivity index (χ1n) is 5.37.